The normalized spacial score (nSPS) is 19.1. The molecule has 0 radical (unpaired) electrons. The Bertz CT molecular complexity index is 657. The summed E-state index contributed by atoms with van der Waals surface area (Å²) < 4.78 is 27.4. The first kappa shape index (κ1) is 16.5. The molecule has 1 aliphatic rings. The van der Waals surface area contributed by atoms with Gasteiger partial charge >= 0.3 is 0 Å². The van der Waals surface area contributed by atoms with Gasteiger partial charge in [0.25, 0.3) is 0 Å². The highest BCUT2D eigenvalue weighted by molar-refractivity contribution is 7.89. The minimum Gasteiger partial charge on any atom is -0.306 e. The van der Waals surface area contributed by atoms with Crippen LogP contribution < -0.4 is 4.72 Å². The van der Waals surface area contributed by atoms with Crippen molar-refractivity contribution < 1.29 is 8.42 Å². The van der Waals surface area contributed by atoms with Gasteiger partial charge in [0.2, 0.25) is 10.0 Å². The lowest BCUT2D eigenvalue weighted by molar-refractivity contribution is 0.213. The van der Waals surface area contributed by atoms with E-state index in [0.29, 0.717) is 25.9 Å². The fourth-order valence-electron chi connectivity index (χ4n) is 2.24. The van der Waals surface area contributed by atoms with Crippen LogP contribution >= 0.6 is 23.2 Å². The van der Waals surface area contributed by atoms with E-state index in [2.05, 4.69) is 15.7 Å². The van der Waals surface area contributed by atoms with E-state index in [0.717, 1.165) is 0 Å². The SMILES string of the molecule is CN1CCC(C#N)(NS(=O)(=O)c2cc(Cl)cc(Cl)c2)CC1. The largest absolute Gasteiger partial charge is 0.306 e. The van der Waals surface area contributed by atoms with Gasteiger partial charge in [-0.3, -0.25) is 0 Å². The highest BCUT2D eigenvalue weighted by atomic mass is 35.5. The number of halogens is 2. The number of nitrogens with zero attached hydrogens (tertiary/aromatic N) is 2. The molecule has 1 aromatic rings. The van der Waals surface area contributed by atoms with Crippen LogP contribution in [0.25, 0.3) is 0 Å². The summed E-state index contributed by atoms with van der Waals surface area (Å²) in [6.45, 7) is 1.32. The smallest absolute Gasteiger partial charge is 0.242 e. The first-order chi connectivity index (χ1) is 9.76. The monoisotopic (exact) mass is 347 g/mol. The highest BCUT2D eigenvalue weighted by Gasteiger charge is 2.38. The average Bonchev–Trinajstić information content (AvgIpc) is 2.40. The Kier molecular flexibility index (Phi) is 4.81. The number of nitrogens with one attached hydrogen (secondary N) is 1. The molecule has 0 bridgehead atoms. The van der Waals surface area contributed by atoms with Crippen LogP contribution in [0.4, 0.5) is 0 Å². The molecule has 1 fully saturated rings. The van der Waals surface area contributed by atoms with Crippen LogP contribution in [-0.2, 0) is 10.0 Å². The third kappa shape index (κ3) is 3.87. The van der Waals surface area contributed by atoms with Gasteiger partial charge in [-0.25, -0.2) is 8.42 Å². The van der Waals surface area contributed by atoms with Crippen LogP contribution in [0.3, 0.4) is 0 Å². The van der Waals surface area contributed by atoms with Gasteiger partial charge in [0.05, 0.1) is 11.0 Å². The van der Waals surface area contributed by atoms with Crippen molar-refractivity contribution in [2.75, 3.05) is 20.1 Å². The molecular weight excluding hydrogens is 333 g/mol. The van der Waals surface area contributed by atoms with Crippen molar-refractivity contribution in [2.45, 2.75) is 23.3 Å². The zero-order valence-corrected chi connectivity index (χ0v) is 13.8. The molecule has 5 nitrogen and oxygen atoms in total. The highest BCUT2D eigenvalue weighted by Crippen LogP contribution is 2.26. The van der Waals surface area contributed by atoms with Crippen molar-refractivity contribution in [3.05, 3.63) is 28.2 Å². The Morgan fingerprint density at radius 3 is 2.24 bits per heavy atom. The van der Waals surface area contributed by atoms with Crippen molar-refractivity contribution in [2.24, 2.45) is 0 Å². The number of nitriles is 1. The van der Waals surface area contributed by atoms with E-state index in [1.165, 1.54) is 18.2 Å². The van der Waals surface area contributed by atoms with Crippen molar-refractivity contribution in [1.29, 1.82) is 5.26 Å². The number of sulfonamides is 1. The van der Waals surface area contributed by atoms with Crippen LogP contribution in [0.1, 0.15) is 12.8 Å². The summed E-state index contributed by atoms with van der Waals surface area (Å²) in [5.74, 6) is 0. The summed E-state index contributed by atoms with van der Waals surface area (Å²) in [6.07, 6.45) is 0.876. The van der Waals surface area contributed by atoms with Crippen LogP contribution in [0, 0.1) is 11.3 Å². The first-order valence-electron chi connectivity index (χ1n) is 6.36. The lowest BCUT2D eigenvalue weighted by Crippen LogP contribution is -2.53. The van der Waals surface area contributed by atoms with E-state index in [9.17, 15) is 13.7 Å². The third-order valence-electron chi connectivity index (χ3n) is 3.53. The third-order valence-corrected chi connectivity index (χ3v) is 5.48. The zero-order valence-electron chi connectivity index (χ0n) is 11.4. The summed E-state index contributed by atoms with van der Waals surface area (Å²) >= 11 is 11.7. The quantitative estimate of drug-likeness (QED) is 0.909. The van der Waals surface area contributed by atoms with Crippen molar-refractivity contribution in [3.63, 3.8) is 0 Å². The zero-order chi connectivity index (χ0) is 15.7. The Morgan fingerprint density at radius 1 is 1.24 bits per heavy atom. The molecule has 0 unspecified atom stereocenters. The Labute approximate surface area is 134 Å². The van der Waals surface area contributed by atoms with E-state index in [-0.39, 0.29) is 14.9 Å². The number of hydrogen-bond donors (Lipinski definition) is 1. The van der Waals surface area contributed by atoms with Gasteiger partial charge in [-0.1, -0.05) is 23.2 Å². The molecule has 1 heterocycles. The number of hydrogen-bond acceptors (Lipinski definition) is 4. The fraction of sp³-hybridized carbons (Fsp3) is 0.462. The van der Waals surface area contributed by atoms with E-state index < -0.39 is 15.6 Å². The molecule has 1 saturated heterocycles. The standard InChI is InChI=1S/C13H15Cl2N3O2S/c1-18-4-2-13(9-16,3-5-18)17-21(19,20)12-7-10(14)6-11(15)8-12/h6-8,17H,2-5H2,1H3. The molecule has 114 valence electrons. The number of likely N-dealkylation sites (tertiary alicyclic amines) is 1. The van der Waals surface area contributed by atoms with E-state index in [4.69, 9.17) is 23.2 Å². The fourth-order valence-corrected chi connectivity index (χ4v) is 4.34. The molecule has 2 rings (SSSR count). The maximum absolute atomic E-state index is 12.5. The molecule has 8 heteroatoms. The Balaban J connectivity index is 2.30. The van der Waals surface area contributed by atoms with Crippen molar-refractivity contribution in [1.82, 2.24) is 9.62 Å². The lowest BCUT2D eigenvalue weighted by Gasteiger charge is -2.35. The summed E-state index contributed by atoms with van der Waals surface area (Å²) in [7, 11) is -1.92. The van der Waals surface area contributed by atoms with Gasteiger partial charge < -0.3 is 4.90 Å². The average molecular weight is 348 g/mol. The molecule has 0 aromatic heterocycles. The summed E-state index contributed by atoms with van der Waals surface area (Å²) in [4.78, 5) is 2.02. The molecule has 1 N–H and O–H groups in total. The molecule has 21 heavy (non-hydrogen) atoms. The Morgan fingerprint density at radius 2 is 1.76 bits per heavy atom. The summed E-state index contributed by atoms with van der Waals surface area (Å²) in [5.41, 5.74) is -1.08. The van der Waals surface area contributed by atoms with Crippen LogP contribution in [0.15, 0.2) is 23.1 Å². The Hall–Kier alpha value is -0.840. The van der Waals surface area contributed by atoms with E-state index in [1.807, 2.05) is 7.05 Å². The molecule has 0 saturated carbocycles. The predicted molar refractivity (Wildman–Crippen MR) is 81.9 cm³/mol. The van der Waals surface area contributed by atoms with Gasteiger partial charge in [0, 0.05) is 23.1 Å². The molecule has 0 atom stereocenters. The predicted octanol–water partition coefficient (Wildman–Crippen LogP) is 2.26. The van der Waals surface area contributed by atoms with Crippen molar-refractivity contribution in [3.8, 4) is 6.07 Å². The van der Waals surface area contributed by atoms with E-state index in [1.54, 1.807) is 0 Å². The number of rotatable bonds is 3. The van der Waals surface area contributed by atoms with Crippen LogP contribution in [0.2, 0.25) is 10.0 Å². The maximum Gasteiger partial charge on any atom is 0.242 e. The van der Waals surface area contributed by atoms with Crippen LogP contribution in [-0.4, -0.2) is 39.0 Å². The van der Waals surface area contributed by atoms with Gasteiger partial charge in [0.15, 0.2) is 0 Å². The summed E-state index contributed by atoms with van der Waals surface area (Å²) in [5, 5.41) is 9.87. The molecule has 1 aromatic carbocycles. The molecule has 0 amide bonds. The van der Waals surface area contributed by atoms with Crippen molar-refractivity contribution >= 4 is 33.2 Å². The second-order valence-corrected chi connectivity index (χ2v) is 7.76. The number of benzene rings is 1. The first-order valence-corrected chi connectivity index (χ1v) is 8.60. The summed E-state index contributed by atoms with van der Waals surface area (Å²) in [6, 6.07) is 6.20. The second-order valence-electron chi connectivity index (χ2n) is 5.21. The maximum atomic E-state index is 12.5. The molecule has 0 spiro atoms. The minimum absolute atomic E-state index is 0.0337. The van der Waals surface area contributed by atoms with Gasteiger partial charge in [-0.05, 0) is 38.1 Å². The second kappa shape index (κ2) is 6.11. The van der Waals surface area contributed by atoms with Gasteiger partial charge in [0.1, 0.15) is 5.54 Å². The lowest BCUT2D eigenvalue weighted by atomic mass is 9.91. The molecule has 0 aliphatic carbocycles. The topological polar surface area (TPSA) is 73.2 Å². The van der Waals surface area contributed by atoms with Gasteiger partial charge in [-0.15, -0.1) is 0 Å². The van der Waals surface area contributed by atoms with Crippen LogP contribution in [0.5, 0.6) is 0 Å². The minimum atomic E-state index is -3.85. The van der Waals surface area contributed by atoms with Gasteiger partial charge in [-0.2, -0.15) is 9.98 Å². The molecule has 1 aliphatic heterocycles. The van der Waals surface area contributed by atoms with E-state index >= 15 is 0 Å². The number of piperidine rings is 1. The molecular formula is C13H15Cl2N3O2S.